The van der Waals surface area contributed by atoms with Gasteiger partial charge >= 0.3 is 5.97 Å². The number of aliphatic hydroxyl groups is 1. The van der Waals surface area contributed by atoms with Crippen LogP contribution in [0.3, 0.4) is 0 Å². The molecule has 0 amide bonds. The van der Waals surface area contributed by atoms with Crippen LogP contribution in [-0.2, 0) is 15.1 Å². The Kier molecular flexibility index (Phi) is 6.27. The first-order chi connectivity index (χ1) is 12.6. The van der Waals surface area contributed by atoms with Crippen LogP contribution in [0.1, 0.15) is 22.6 Å². The summed E-state index contributed by atoms with van der Waals surface area (Å²) in [6, 6.07) is 7.30. The number of carbonyl (C=O) groups excluding carboxylic acids is 1. The van der Waals surface area contributed by atoms with Crippen LogP contribution in [-0.4, -0.2) is 47.8 Å². The van der Waals surface area contributed by atoms with Crippen LogP contribution >= 0.6 is 22.7 Å². The number of ether oxygens (including phenoxy) is 1. The van der Waals surface area contributed by atoms with Crippen LogP contribution < -0.4 is 17.0 Å². The van der Waals surface area contributed by atoms with E-state index in [1.165, 1.54) is 22.7 Å². The smallest absolute Gasteiger partial charge is 0.349 e. The molecule has 27 heavy (non-hydrogen) atoms. The summed E-state index contributed by atoms with van der Waals surface area (Å²) >= 11 is 2.76. The van der Waals surface area contributed by atoms with Gasteiger partial charge in [-0.2, -0.15) is 0 Å². The molecule has 3 saturated heterocycles. The van der Waals surface area contributed by atoms with Crippen LogP contribution in [0.4, 0.5) is 0 Å². The molecule has 5 rings (SSSR count). The van der Waals surface area contributed by atoms with Crippen molar-refractivity contribution >= 4 is 28.6 Å². The van der Waals surface area contributed by atoms with E-state index >= 15 is 0 Å². The SMILES string of the molecule is C=CC[N+]12CCC(CC1)[C@@H](OC(=O)C(O)(c1cccs1)c1cccs1)C2.[Br-]. The zero-order valence-corrected chi connectivity index (χ0v) is 18.3. The fraction of sp³-hybridized carbons (Fsp3) is 0.450. The molecule has 4 nitrogen and oxygen atoms in total. The van der Waals surface area contributed by atoms with Gasteiger partial charge in [-0.15, -0.1) is 22.7 Å². The molecule has 0 aliphatic carbocycles. The Labute approximate surface area is 178 Å². The molecular weight excluding hydrogens is 446 g/mol. The van der Waals surface area contributed by atoms with Crippen LogP contribution in [0, 0.1) is 5.92 Å². The van der Waals surface area contributed by atoms with Gasteiger partial charge in [-0.25, -0.2) is 4.79 Å². The second kappa shape index (κ2) is 8.17. The van der Waals surface area contributed by atoms with E-state index in [4.69, 9.17) is 4.74 Å². The van der Waals surface area contributed by atoms with Crippen molar-refractivity contribution in [1.82, 2.24) is 0 Å². The fourth-order valence-electron chi connectivity index (χ4n) is 4.40. The summed E-state index contributed by atoms with van der Waals surface area (Å²) in [5, 5.41) is 15.1. The van der Waals surface area contributed by atoms with Gasteiger partial charge < -0.3 is 31.3 Å². The number of halogens is 1. The summed E-state index contributed by atoms with van der Waals surface area (Å²) in [6.07, 6.45) is 3.99. The van der Waals surface area contributed by atoms with Gasteiger partial charge in [0.1, 0.15) is 6.54 Å². The highest BCUT2D eigenvalue weighted by Crippen LogP contribution is 2.40. The van der Waals surface area contributed by atoms with Crippen LogP contribution in [0.2, 0.25) is 0 Å². The molecule has 2 aromatic rings. The lowest BCUT2D eigenvalue weighted by Gasteiger charge is -2.51. The molecule has 0 radical (unpaired) electrons. The molecule has 3 aliphatic heterocycles. The van der Waals surface area contributed by atoms with Gasteiger partial charge in [0.2, 0.25) is 5.60 Å². The minimum absolute atomic E-state index is 0. The highest BCUT2D eigenvalue weighted by Gasteiger charge is 2.50. The van der Waals surface area contributed by atoms with Crippen molar-refractivity contribution < 1.29 is 36.1 Å². The molecule has 146 valence electrons. The molecule has 2 bridgehead atoms. The minimum Gasteiger partial charge on any atom is -1.00 e. The molecule has 0 aromatic carbocycles. The fourth-order valence-corrected chi connectivity index (χ4v) is 6.11. The number of fused-ring (bicyclic) bond motifs is 3. The Hall–Kier alpha value is -0.990. The zero-order chi connectivity index (χ0) is 18.2. The normalized spacial score (nSPS) is 27.0. The van der Waals surface area contributed by atoms with Gasteiger partial charge in [0.15, 0.2) is 6.10 Å². The second-order valence-corrected chi connectivity index (χ2v) is 9.28. The molecule has 3 aliphatic rings. The number of rotatable bonds is 6. The Morgan fingerprint density at radius 2 is 1.85 bits per heavy atom. The third-order valence-corrected chi connectivity index (χ3v) is 7.82. The van der Waals surface area contributed by atoms with E-state index in [0.29, 0.717) is 15.7 Å². The largest absolute Gasteiger partial charge is 1.00 e. The Morgan fingerprint density at radius 3 is 2.33 bits per heavy atom. The van der Waals surface area contributed by atoms with E-state index in [0.717, 1.165) is 43.5 Å². The van der Waals surface area contributed by atoms with Crippen LogP contribution in [0.5, 0.6) is 0 Å². The number of piperidine rings is 3. The van der Waals surface area contributed by atoms with Crippen molar-refractivity contribution in [2.24, 2.45) is 5.92 Å². The highest BCUT2D eigenvalue weighted by atomic mass is 79.9. The summed E-state index contributed by atoms with van der Waals surface area (Å²) in [5.41, 5.74) is -1.71. The van der Waals surface area contributed by atoms with Crippen molar-refractivity contribution in [3.63, 3.8) is 0 Å². The summed E-state index contributed by atoms with van der Waals surface area (Å²) in [7, 11) is 0. The Morgan fingerprint density at radius 1 is 1.26 bits per heavy atom. The van der Waals surface area contributed by atoms with E-state index < -0.39 is 11.6 Å². The molecule has 2 aromatic heterocycles. The Bertz CT molecular complexity index is 733. The lowest BCUT2D eigenvalue weighted by Crippen LogP contribution is -3.00. The monoisotopic (exact) mass is 469 g/mol. The molecule has 0 unspecified atom stereocenters. The van der Waals surface area contributed by atoms with Gasteiger partial charge in [-0.1, -0.05) is 18.7 Å². The van der Waals surface area contributed by atoms with Gasteiger partial charge in [0.25, 0.3) is 0 Å². The summed E-state index contributed by atoms with van der Waals surface area (Å²) in [5.74, 6) is -0.141. The first-order valence-electron chi connectivity index (χ1n) is 9.05. The molecule has 1 atom stereocenters. The molecule has 3 fully saturated rings. The number of nitrogens with zero attached hydrogens (tertiary/aromatic N) is 1. The summed E-state index contributed by atoms with van der Waals surface area (Å²) in [4.78, 5) is 14.4. The number of quaternary nitrogens is 1. The lowest BCUT2D eigenvalue weighted by atomic mass is 9.83. The van der Waals surface area contributed by atoms with Crippen molar-refractivity contribution in [3.8, 4) is 0 Å². The summed E-state index contributed by atoms with van der Waals surface area (Å²) in [6.45, 7) is 7.90. The third-order valence-electron chi connectivity index (χ3n) is 5.87. The van der Waals surface area contributed by atoms with Crippen LogP contribution in [0.25, 0.3) is 0 Å². The average Bonchev–Trinajstić information content (AvgIpc) is 3.36. The van der Waals surface area contributed by atoms with Crippen molar-refractivity contribution in [2.75, 3.05) is 26.2 Å². The molecule has 0 saturated carbocycles. The minimum atomic E-state index is -1.71. The highest BCUT2D eigenvalue weighted by molar-refractivity contribution is 7.12. The second-order valence-electron chi connectivity index (χ2n) is 7.39. The van der Waals surface area contributed by atoms with E-state index in [1.807, 2.05) is 29.0 Å². The average molecular weight is 470 g/mol. The lowest BCUT2D eigenvalue weighted by molar-refractivity contribution is -0.941. The third kappa shape index (κ3) is 3.68. The quantitative estimate of drug-likeness (QED) is 0.378. The van der Waals surface area contributed by atoms with Crippen LogP contribution in [0.15, 0.2) is 47.7 Å². The van der Waals surface area contributed by atoms with E-state index in [9.17, 15) is 9.90 Å². The van der Waals surface area contributed by atoms with Gasteiger partial charge in [0.05, 0.1) is 29.4 Å². The van der Waals surface area contributed by atoms with E-state index in [-0.39, 0.29) is 23.1 Å². The first-order valence-corrected chi connectivity index (χ1v) is 10.8. The maximum absolute atomic E-state index is 13.2. The summed E-state index contributed by atoms with van der Waals surface area (Å²) < 4.78 is 6.94. The number of thiophene rings is 2. The number of hydrogen-bond donors (Lipinski definition) is 1. The maximum atomic E-state index is 13.2. The number of esters is 1. The molecule has 7 heteroatoms. The molecule has 1 N–H and O–H groups in total. The maximum Gasteiger partial charge on any atom is 0.349 e. The Balaban J connectivity index is 0.00000210. The van der Waals surface area contributed by atoms with Gasteiger partial charge in [-0.3, -0.25) is 0 Å². The van der Waals surface area contributed by atoms with Crippen molar-refractivity contribution in [1.29, 1.82) is 0 Å². The predicted molar refractivity (Wildman–Crippen MR) is 104 cm³/mol. The molecular formula is C20H24BrNO3S2. The number of hydrogen-bond acceptors (Lipinski definition) is 5. The van der Waals surface area contributed by atoms with Gasteiger partial charge in [0, 0.05) is 18.8 Å². The molecule has 5 heterocycles. The topological polar surface area (TPSA) is 46.5 Å². The number of carbonyl (C=O) groups is 1. The zero-order valence-electron chi connectivity index (χ0n) is 15.1. The first kappa shape index (κ1) is 20.7. The van der Waals surface area contributed by atoms with Gasteiger partial charge in [-0.05, 0) is 29.0 Å². The van der Waals surface area contributed by atoms with E-state index in [1.54, 1.807) is 12.1 Å². The predicted octanol–water partition coefficient (Wildman–Crippen LogP) is 0.388. The van der Waals surface area contributed by atoms with Crippen molar-refractivity contribution in [2.45, 2.75) is 24.5 Å². The standard InChI is InChI=1S/C20H24NO3S2.BrH/c1-2-9-21-10-7-15(8-11-21)16(14-21)24-19(22)20(23,17-5-3-12-25-17)18-6-4-13-26-18;/h2-6,12-13,15-16,23H,1,7-11,14H2;1H/q+1;/p-1/t15?,16-,21?;/m0./s1. The van der Waals surface area contributed by atoms with E-state index in [2.05, 4.69) is 6.58 Å². The molecule has 0 spiro atoms. The van der Waals surface area contributed by atoms with Crippen molar-refractivity contribution in [3.05, 3.63) is 57.4 Å².